The smallest absolute Gasteiger partial charge is 0.131 e. The number of nitrogens with one attached hydrogen (secondary N) is 1. The Morgan fingerprint density at radius 2 is 1.95 bits per heavy atom. The summed E-state index contributed by atoms with van der Waals surface area (Å²) >= 11 is 5.94. The lowest BCUT2D eigenvalue weighted by Gasteiger charge is -2.20. The van der Waals surface area contributed by atoms with E-state index in [-0.39, 0.29) is 0 Å². The number of pyridine rings is 1. The Kier molecular flexibility index (Phi) is 3.43. The van der Waals surface area contributed by atoms with Crippen molar-refractivity contribution < 1.29 is 0 Å². The van der Waals surface area contributed by atoms with Crippen LogP contribution in [-0.2, 0) is 0 Å². The fourth-order valence-electron chi connectivity index (χ4n) is 2.35. The molecular weight excluding hydrogens is 256 g/mol. The summed E-state index contributed by atoms with van der Waals surface area (Å²) in [5.74, 6) is 0.731. The molecule has 1 fully saturated rings. The zero-order valence-corrected chi connectivity index (χ0v) is 11.7. The summed E-state index contributed by atoms with van der Waals surface area (Å²) in [6.45, 7) is 2.12. The minimum atomic E-state index is 0.374. The molecule has 98 valence electrons. The molecule has 1 heterocycles. The minimum Gasteiger partial charge on any atom is -0.378 e. The summed E-state index contributed by atoms with van der Waals surface area (Å²) < 4.78 is 0. The number of hydrogen-bond acceptors (Lipinski definition) is 2. The predicted molar refractivity (Wildman–Crippen MR) is 79.5 cm³/mol. The third-order valence-electron chi connectivity index (χ3n) is 3.58. The van der Waals surface area contributed by atoms with Crippen LogP contribution < -0.4 is 5.32 Å². The van der Waals surface area contributed by atoms with Gasteiger partial charge in [0, 0.05) is 11.9 Å². The van der Waals surface area contributed by atoms with E-state index in [1.807, 2.05) is 12.1 Å². The zero-order valence-electron chi connectivity index (χ0n) is 10.9. The molecule has 2 nitrogen and oxygen atoms in total. The second-order valence-corrected chi connectivity index (χ2v) is 5.62. The first-order chi connectivity index (χ1) is 9.22. The molecule has 0 radical (unpaired) electrons. The molecule has 0 bridgehead atoms. The second-order valence-electron chi connectivity index (χ2n) is 5.24. The molecule has 3 heteroatoms. The number of benzene rings is 1. The van der Waals surface area contributed by atoms with E-state index in [1.165, 1.54) is 24.0 Å². The summed E-state index contributed by atoms with van der Waals surface area (Å²) in [4.78, 5) is 4.02. The van der Waals surface area contributed by atoms with Crippen LogP contribution >= 0.6 is 11.6 Å². The highest BCUT2D eigenvalue weighted by molar-refractivity contribution is 6.29. The molecule has 19 heavy (non-hydrogen) atoms. The van der Waals surface area contributed by atoms with Crippen molar-refractivity contribution in [3.63, 3.8) is 0 Å². The van der Waals surface area contributed by atoms with Crippen LogP contribution in [0.15, 0.2) is 42.6 Å². The molecule has 0 spiro atoms. The molecule has 0 saturated heterocycles. The number of aryl methyl sites for hydroxylation is 1. The minimum absolute atomic E-state index is 0.374. The summed E-state index contributed by atoms with van der Waals surface area (Å²) in [6.07, 6.45) is 4.33. The molecule has 1 atom stereocenters. The summed E-state index contributed by atoms with van der Waals surface area (Å²) in [5.41, 5.74) is 3.68. The van der Waals surface area contributed by atoms with Crippen molar-refractivity contribution >= 4 is 17.3 Å². The Labute approximate surface area is 118 Å². The molecule has 0 aliphatic heterocycles. The molecule has 1 N–H and O–H groups in total. The van der Waals surface area contributed by atoms with E-state index in [4.69, 9.17) is 11.6 Å². The number of rotatable bonds is 4. The summed E-state index contributed by atoms with van der Waals surface area (Å²) in [5, 5.41) is 4.12. The maximum absolute atomic E-state index is 5.94. The standard InChI is InChI=1S/C16H17ClN2/c1-11-2-4-12(5-3-11)16(13-6-7-13)19-14-8-9-18-15(17)10-14/h2-5,8-10,13,16H,6-7H2,1H3,(H,18,19). The molecule has 0 amide bonds. The highest BCUT2D eigenvalue weighted by Gasteiger charge is 2.32. The van der Waals surface area contributed by atoms with Gasteiger partial charge in [-0.1, -0.05) is 41.4 Å². The molecule has 2 aromatic rings. The molecule has 1 unspecified atom stereocenters. The van der Waals surface area contributed by atoms with Gasteiger partial charge in [-0.2, -0.15) is 0 Å². The van der Waals surface area contributed by atoms with Crippen molar-refractivity contribution in [2.24, 2.45) is 5.92 Å². The van der Waals surface area contributed by atoms with E-state index in [2.05, 4.69) is 41.5 Å². The molecule has 1 aliphatic rings. The first-order valence-electron chi connectivity index (χ1n) is 6.67. The van der Waals surface area contributed by atoms with Gasteiger partial charge in [0.25, 0.3) is 0 Å². The van der Waals surface area contributed by atoms with Gasteiger partial charge in [-0.3, -0.25) is 0 Å². The Hall–Kier alpha value is -1.54. The van der Waals surface area contributed by atoms with Crippen LogP contribution in [0.5, 0.6) is 0 Å². The summed E-state index contributed by atoms with van der Waals surface area (Å²) in [7, 11) is 0. The average Bonchev–Trinajstić information content (AvgIpc) is 3.22. The van der Waals surface area contributed by atoms with Crippen molar-refractivity contribution in [3.8, 4) is 0 Å². The first-order valence-corrected chi connectivity index (χ1v) is 7.05. The molecular formula is C16H17ClN2. The lowest BCUT2D eigenvalue weighted by Crippen LogP contribution is -2.12. The van der Waals surface area contributed by atoms with Crippen LogP contribution in [0.3, 0.4) is 0 Å². The highest BCUT2D eigenvalue weighted by atomic mass is 35.5. The van der Waals surface area contributed by atoms with Crippen LogP contribution in [0.1, 0.15) is 30.0 Å². The van der Waals surface area contributed by atoms with E-state index in [0.717, 1.165) is 11.6 Å². The molecule has 1 aromatic carbocycles. The van der Waals surface area contributed by atoms with Crippen molar-refractivity contribution in [1.29, 1.82) is 0 Å². The van der Waals surface area contributed by atoms with Crippen molar-refractivity contribution in [2.75, 3.05) is 5.32 Å². The van der Waals surface area contributed by atoms with Crippen molar-refractivity contribution in [1.82, 2.24) is 4.98 Å². The Morgan fingerprint density at radius 3 is 2.58 bits per heavy atom. The van der Waals surface area contributed by atoms with Gasteiger partial charge in [-0.25, -0.2) is 4.98 Å². The molecule has 1 aromatic heterocycles. The maximum Gasteiger partial charge on any atom is 0.131 e. The Morgan fingerprint density at radius 1 is 1.21 bits per heavy atom. The third kappa shape index (κ3) is 3.07. The fraction of sp³-hybridized carbons (Fsp3) is 0.312. The molecule has 1 aliphatic carbocycles. The van der Waals surface area contributed by atoms with E-state index in [0.29, 0.717) is 11.2 Å². The maximum atomic E-state index is 5.94. The van der Waals surface area contributed by atoms with Gasteiger partial charge in [0.1, 0.15) is 5.15 Å². The van der Waals surface area contributed by atoms with E-state index in [9.17, 15) is 0 Å². The number of anilines is 1. The second kappa shape index (κ2) is 5.22. The van der Waals surface area contributed by atoms with Crippen LogP contribution in [0.2, 0.25) is 5.15 Å². The van der Waals surface area contributed by atoms with Gasteiger partial charge < -0.3 is 5.32 Å². The quantitative estimate of drug-likeness (QED) is 0.823. The van der Waals surface area contributed by atoms with Gasteiger partial charge in [0.2, 0.25) is 0 Å². The zero-order chi connectivity index (χ0) is 13.2. The van der Waals surface area contributed by atoms with Gasteiger partial charge in [0.05, 0.1) is 6.04 Å². The largest absolute Gasteiger partial charge is 0.378 e. The van der Waals surface area contributed by atoms with Crippen LogP contribution in [0.4, 0.5) is 5.69 Å². The van der Waals surface area contributed by atoms with E-state index < -0.39 is 0 Å². The summed E-state index contributed by atoms with van der Waals surface area (Å²) in [6, 6.07) is 13.0. The lowest BCUT2D eigenvalue weighted by molar-refractivity contribution is 0.679. The average molecular weight is 273 g/mol. The predicted octanol–water partition coefficient (Wildman–Crippen LogP) is 4.61. The van der Waals surface area contributed by atoms with Crippen LogP contribution in [0.25, 0.3) is 0 Å². The van der Waals surface area contributed by atoms with Gasteiger partial charge in [-0.15, -0.1) is 0 Å². The van der Waals surface area contributed by atoms with Gasteiger partial charge in [-0.05, 0) is 43.4 Å². The first kappa shape index (κ1) is 12.5. The molecule has 3 rings (SSSR count). The molecule has 1 saturated carbocycles. The number of halogens is 1. The Bertz CT molecular complexity index is 561. The van der Waals surface area contributed by atoms with Gasteiger partial charge in [0.15, 0.2) is 0 Å². The topological polar surface area (TPSA) is 24.9 Å². The number of nitrogens with zero attached hydrogens (tertiary/aromatic N) is 1. The van der Waals surface area contributed by atoms with Crippen LogP contribution in [-0.4, -0.2) is 4.98 Å². The normalized spacial score (nSPS) is 16.1. The van der Waals surface area contributed by atoms with E-state index in [1.54, 1.807) is 6.20 Å². The van der Waals surface area contributed by atoms with Crippen molar-refractivity contribution in [3.05, 3.63) is 58.9 Å². The lowest BCUT2D eigenvalue weighted by atomic mass is 10.0. The highest BCUT2D eigenvalue weighted by Crippen LogP contribution is 2.42. The van der Waals surface area contributed by atoms with Gasteiger partial charge >= 0.3 is 0 Å². The SMILES string of the molecule is Cc1ccc(C(Nc2ccnc(Cl)c2)C2CC2)cc1. The van der Waals surface area contributed by atoms with E-state index >= 15 is 0 Å². The number of hydrogen-bond donors (Lipinski definition) is 1. The fourth-order valence-corrected chi connectivity index (χ4v) is 2.52. The van der Waals surface area contributed by atoms with Crippen molar-refractivity contribution in [2.45, 2.75) is 25.8 Å². The monoisotopic (exact) mass is 272 g/mol. The van der Waals surface area contributed by atoms with Crippen LogP contribution in [0, 0.1) is 12.8 Å². The third-order valence-corrected chi connectivity index (χ3v) is 3.79. The Balaban J connectivity index is 1.83. The number of aromatic nitrogens is 1.